The van der Waals surface area contributed by atoms with Gasteiger partial charge < -0.3 is 24.8 Å². The van der Waals surface area contributed by atoms with E-state index in [1.54, 1.807) is 0 Å². The van der Waals surface area contributed by atoms with Gasteiger partial charge in [-0.3, -0.25) is 60.7 Å². The topological polar surface area (TPSA) is 341 Å². The van der Waals surface area contributed by atoms with Crippen LogP contribution in [0.4, 0.5) is 13.2 Å². The van der Waals surface area contributed by atoms with Crippen LogP contribution in [0, 0.1) is 60.7 Å². The van der Waals surface area contributed by atoms with Gasteiger partial charge in [-0.2, -0.15) is 0 Å². The average Bonchev–Trinajstić information content (AvgIpc) is 3.29. The van der Waals surface area contributed by atoms with E-state index in [0.717, 1.165) is 0 Å². The maximum absolute atomic E-state index is 14.6. The maximum Gasteiger partial charge on any atom is 0.616 e. The average molecular weight is 544 g/mol. The molecule has 1 fully saturated rings. The number of nitro groups is 6. The summed E-state index contributed by atoms with van der Waals surface area (Å²) in [6, 6.07) is 0. The lowest BCUT2D eigenvalue weighted by molar-refractivity contribution is -0.840. The van der Waals surface area contributed by atoms with E-state index in [-0.39, 0.29) is 0 Å². The summed E-state index contributed by atoms with van der Waals surface area (Å²) in [7, 11) is 0. The van der Waals surface area contributed by atoms with Gasteiger partial charge in [-0.15, -0.1) is 0 Å². The standard InChI is InChI=1S/C10H11F3N6O17/c11-7(14(23)24,15(25)26)1-5(2-8(12,16(27)28)17(29)30)6(36-5,4-35-10(20,21)22)3-9(13,18(31)32)19(33)34/h20-22H,1-4H2. The maximum atomic E-state index is 14.6. The lowest BCUT2D eigenvalue weighted by atomic mass is 9.81. The Hall–Kier alpha value is -4.01. The smallest absolute Gasteiger partial charge is 0.358 e. The van der Waals surface area contributed by atoms with Crippen LogP contribution in [0.1, 0.15) is 19.3 Å². The first kappa shape index (κ1) is 30.0. The molecule has 26 heteroatoms. The summed E-state index contributed by atoms with van der Waals surface area (Å²) in [4.78, 5) is 51.5. The molecule has 0 amide bonds. The third kappa shape index (κ3) is 5.15. The first-order valence-electron chi connectivity index (χ1n) is 8.40. The van der Waals surface area contributed by atoms with E-state index in [0.29, 0.717) is 0 Å². The Morgan fingerprint density at radius 3 is 1.08 bits per heavy atom. The lowest BCUT2D eigenvalue weighted by Crippen LogP contribution is -2.55. The van der Waals surface area contributed by atoms with Gasteiger partial charge in [0.2, 0.25) is 0 Å². The summed E-state index contributed by atoms with van der Waals surface area (Å²) in [5.41, 5.74) is -7.56. The highest BCUT2D eigenvalue weighted by Gasteiger charge is 2.87. The van der Waals surface area contributed by atoms with Crippen LogP contribution in [-0.4, -0.2) is 86.6 Å². The van der Waals surface area contributed by atoms with Crippen LogP contribution in [0.5, 0.6) is 0 Å². The van der Waals surface area contributed by atoms with Crippen molar-refractivity contribution in [2.24, 2.45) is 0 Å². The molecule has 1 rings (SSSR count). The highest BCUT2D eigenvalue weighted by Crippen LogP contribution is 2.61. The van der Waals surface area contributed by atoms with Gasteiger partial charge in [0.05, 0.1) is 6.61 Å². The van der Waals surface area contributed by atoms with Gasteiger partial charge in [-0.25, -0.2) is 0 Å². The molecule has 1 saturated heterocycles. The first-order chi connectivity index (χ1) is 15.9. The van der Waals surface area contributed by atoms with Crippen LogP contribution in [-0.2, 0) is 9.47 Å². The third-order valence-electron chi connectivity index (χ3n) is 4.89. The second kappa shape index (κ2) is 8.89. The van der Waals surface area contributed by atoms with Crippen molar-refractivity contribution >= 4 is 0 Å². The van der Waals surface area contributed by atoms with E-state index in [9.17, 15) is 73.9 Å². The molecule has 0 aromatic carbocycles. The molecule has 1 aliphatic rings. The van der Waals surface area contributed by atoms with Crippen molar-refractivity contribution in [1.82, 2.24) is 0 Å². The fourth-order valence-electron chi connectivity index (χ4n) is 3.11. The van der Waals surface area contributed by atoms with E-state index < -0.39 is 90.5 Å². The van der Waals surface area contributed by atoms with Crippen molar-refractivity contribution in [2.45, 2.75) is 54.4 Å². The molecule has 3 N–H and O–H groups in total. The van der Waals surface area contributed by atoms with Gasteiger partial charge in [-0.1, -0.05) is 13.2 Å². The lowest BCUT2D eigenvalue weighted by Gasteiger charge is -2.23. The molecule has 0 spiro atoms. The molecule has 0 saturated carbocycles. The fourth-order valence-corrected chi connectivity index (χ4v) is 3.11. The molecule has 204 valence electrons. The van der Waals surface area contributed by atoms with E-state index in [1.807, 2.05) is 0 Å². The first-order valence-corrected chi connectivity index (χ1v) is 8.40. The van der Waals surface area contributed by atoms with E-state index in [4.69, 9.17) is 15.3 Å². The second-order valence-corrected chi connectivity index (χ2v) is 7.18. The summed E-state index contributed by atoms with van der Waals surface area (Å²) in [5.74, 6) is -15.3. The Kier molecular flexibility index (Phi) is 7.41. The van der Waals surface area contributed by atoms with Gasteiger partial charge in [-0.05, 0) is 0 Å². The Labute approximate surface area is 190 Å². The van der Waals surface area contributed by atoms with Gasteiger partial charge in [0.25, 0.3) is 0 Å². The predicted molar refractivity (Wildman–Crippen MR) is 89.2 cm³/mol. The number of halogens is 3. The molecule has 0 radical (unpaired) electrons. The van der Waals surface area contributed by atoms with Crippen molar-refractivity contribution in [3.63, 3.8) is 0 Å². The zero-order valence-electron chi connectivity index (χ0n) is 16.7. The number of hydrogen-bond donors (Lipinski definition) is 3. The molecule has 23 nitrogen and oxygen atoms in total. The second-order valence-electron chi connectivity index (χ2n) is 7.18. The zero-order chi connectivity index (χ0) is 28.7. The number of rotatable bonds is 15. The van der Waals surface area contributed by atoms with Crippen LogP contribution in [0.15, 0.2) is 0 Å². The van der Waals surface area contributed by atoms with Crippen molar-refractivity contribution in [3.05, 3.63) is 60.7 Å². The molecule has 0 aliphatic carbocycles. The summed E-state index contributed by atoms with van der Waals surface area (Å²) < 4.78 is 52.1. The summed E-state index contributed by atoms with van der Waals surface area (Å²) >= 11 is 0. The minimum atomic E-state index is -5.12. The normalized spacial score (nSPS) is 19.8. The van der Waals surface area contributed by atoms with Crippen LogP contribution in [0.2, 0.25) is 0 Å². The number of hydrogen-bond acceptors (Lipinski definition) is 17. The molecule has 0 aromatic heterocycles. The quantitative estimate of drug-likeness (QED) is 0.0647. The van der Waals surface area contributed by atoms with Crippen molar-refractivity contribution in [1.29, 1.82) is 0 Å². The molecule has 0 aromatic rings. The summed E-state index contributed by atoms with van der Waals surface area (Å²) in [6.45, 7) is -2.14. The molecular formula is C10H11F3N6O17. The monoisotopic (exact) mass is 544 g/mol. The summed E-state index contributed by atoms with van der Waals surface area (Å²) in [5, 5.41) is 92.2. The molecule has 0 bridgehead atoms. The van der Waals surface area contributed by atoms with E-state index >= 15 is 0 Å². The molecular weight excluding hydrogens is 533 g/mol. The molecule has 1 atom stereocenters. The van der Waals surface area contributed by atoms with Crippen molar-refractivity contribution < 1.29 is 67.5 Å². The number of ether oxygens (including phenoxy) is 2. The highest BCUT2D eigenvalue weighted by atomic mass is 19.2. The van der Waals surface area contributed by atoms with Crippen molar-refractivity contribution in [3.8, 4) is 0 Å². The minimum Gasteiger partial charge on any atom is -0.358 e. The number of nitrogens with zero attached hydrogens (tertiary/aromatic N) is 6. The van der Waals surface area contributed by atoms with Crippen LogP contribution in [0.25, 0.3) is 0 Å². The van der Waals surface area contributed by atoms with Gasteiger partial charge in [0.15, 0.2) is 19.3 Å². The molecule has 1 aliphatic heterocycles. The minimum absolute atomic E-state index is 2.14. The Balaban J connectivity index is 3.90. The van der Waals surface area contributed by atoms with E-state index in [2.05, 4.69) is 9.47 Å². The largest absolute Gasteiger partial charge is 0.616 e. The number of alkyl halides is 3. The van der Waals surface area contributed by atoms with Crippen molar-refractivity contribution in [2.75, 3.05) is 6.61 Å². The Morgan fingerprint density at radius 2 is 0.861 bits per heavy atom. The molecule has 1 unspecified atom stereocenters. The van der Waals surface area contributed by atoms with E-state index in [1.165, 1.54) is 0 Å². The fraction of sp³-hybridized carbons (Fsp3) is 1.00. The van der Waals surface area contributed by atoms with Gasteiger partial charge >= 0.3 is 23.9 Å². The molecule has 1 heterocycles. The third-order valence-corrected chi connectivity index (χ3v) is 4.89. The predicted octanol–water partition coefficient (Wildman–Crippen LogP) is -2.20. The van der Waals surface area contributed by atoms with Crippen LogP contribution < -0.4 is 0 Å². The molecule has 36 heavy (non-hydrogen) atoms. The number of epoxide rings is 1. The summed E-state index contributed by atoms with van der Waals surface area (Å²) in [6.07, 6.45) is -12.3. The Morgan fingerprint density at radius 1 is 0.611 bits per heavy atom. The Bertz CT molecular complexity index is 920. The zero-order valence-corrected chi connectivity index (χ0v) is 16.7. The number of aliphatic hydroxyl groups is 3. The van der Waals surface area contributed by atoms with Crippen LogP contribution >= 0.6 is 0 Å². The van der Waals surface area contributed by atoms with Gasteiger partial charge in [0.1, 0.15) is 40.7 Å². The van der Waals surface area contributed by atoms with Gasteiger partial charge in [0, 0.05) is 0 Å². The SMILES string of the molecule is O=[N+]([O-])C(F)(CC1(COC(O)(O)O)OC1(CC(F)([N+](=O)[O-])[N+](=O)[O-])CC(F)([N+](=O)[O-])[N+](=O)[O-])[N+](=O)[O-]. The highest BCUT2D eigenvalue weighted by molar-refractivity contribution is 5.18. The van der Waals surface area contributed by atoms with Crippen LogP contribution in [0.3, 0.4) is 0 Å².